The third kappa shape index (κ3) is 5.94. The highest BCUT2D eigenvalue weighted by Crippen LogP contribution is 2.28. The number of nitrogens with zero attached hydrogens (tertiary/aromatic N) is 2. The third-order valence-electron chi connectivity index (χ3n) is 4.14. The molecule has 0 bridgehead atoms. The number of aromatic nitrogens is 2. The number of aryl methyl sites for hydroxylation is 1. The normalized spacial score (nSPS) is 11.1. The minimum Gasteiger partial charge on any atom is -0.493 e. The fourth-order valence-corrected chi connectivity index (χ4v) is 2.85. The Morgan fingerprint density at radius 1 is 1.22 bits per heavy atom. The van der Waals surface area contributed by atoms with Crippen molar-refractivity contribution >= 4 is 5.91 Å². The molecule has 0 saturated carbocycles. The van der Waals surface area contributed by atoms with Gasteiger partial charge in [0.15, 0.2) is 11.5 Å². The molecule has 0 aliphatic carbocycles. The van der Waals surface area contributed by atoms with Crippen molar-refractivity contribution in [2.24, 2.45) is 0 Å². The molecule has 6 nitrogen and oxygen atoms in total. The summed E-state index contributed by atoms with van der Waals surface area (Å²) in [7, 11) is 1.61. The van der Waals surface area contributed by atoms with Crippen LogP contribution < -0.4 is 14.8 Å². The molecule has 0 unspecified atom stereocenters. The van der Waals surface area contributed by atoms with Crippen molar-refractivity contribution in [1.29, 1.82) is 0 Å². The van der Waals surface area contributed by atoms with Gasteiger partial charge in [-0.1, -0.05) is 26.8 Å². The first kappa shape index (κ1) is 20.7. The molecule has 6 heteroatoms. The van der Waals surface area contributed by atoms with Gasteiger partial charge < -0.3 is 14.8 Å². The van der Waals surface area contributed by atoms with Crippen LogP contribution in [0.3, 0.4) is 0 Å². The van der Waals surface area contributed by atoms with Crippen LogP contribution in [0.5, 0.6) is 11.5 Å². The highest BCUT2D eigenvalue weighted by molar-refractivity contribution is 5.76. The fourth-order valence-electron chi connectivity index (χ4n) is 2.85. The van der Waals surface area contributed by atoms with Crippen LogP contribution in [0.1, 0.15) is 50.9 Å². The van der Waals surface area contributed by atoms with Crippen molar-refractivity contribution in [2.45, 2.75) is 52.5 Å². The molecule has 0 saturated heterocycles. The zero-order valence-electron chi connectivity index (χ0n) is 16.8. The van der Waals surface area contributed by atoms with E-state index in [0.717, 1.165) is 16.8 Å². The van der Waals surface area contributed by atoms with Crippen LogP contribution in [0.2, 0.25) is 0 Å². The Morgan fingerprint density at radius 2 is 2.00 bits per heavy atom. The lowest BCUT2D eigenvalue weighted by atomic mass is 9.89. The maximum absolute atomic E-state index is 12.3. The molecule has 0 atom stereocenters. The van der Waals surface area contributed by atoms with Gasteiger partial charge in [0, 0.05) is 30.1 Å². The summed E-state index contributed by atoms with van der Waals surface area (Å²) in [4.78, 5) is 20.7. The summed E-state index contributed by atoms with van der Waals surface area (Å²) >= 11 is 0. The lowest BCUT2D eigenvalue weighted by molar-refractivity contribution is -0.121. The van der Waals surface area contributed by atoms with Gasteiger partial charge in [-0.05, 0) is 31.0 Å². The number of carbonyl (C=O) groups excluding carboxylic acids is 1. The van der Waals surface area contributed by atoms with Gasteiger partial charge in [-0.2, -0.15) is 0 Å². The molecule has 0 aliphatic rings. The predicted molar refractivity (Wildman–Crippen MR) is 105 cm³/mol. The van der Waals surface area contributed by atoms with Crippen LogP contribution in [0, 0.1) is 0 Å². The van der Waals surface area contributed by atoms with Gasteiger partial charge in [0.05, 0.1) is 19.4 Å². The molecule has 0 spiro atoms. The van der Waals surface area contributed by atoms with Crippen molar-refractivity contribution in [3.8, 4) is 11.5 Å². The standard InChI is InChI=1S/C21H29N3O3/c1-6-27-17-9-7-15(11-18(17)26-5)8-10-19(25)23-13-16-12-22-14-24-20(16)21(2,3)4/h7,9,11-12,14H,6,8,10,13H2,1-5H3,(H,23,25). The minimum absolute atomic E-state index is 0.00781. The van der Waals surface area contributed by atoms with E-state index in [1.165, 1.54) is 0 Å². The van der Waals surface area contributed by atoms with Gasteiger partial charge in [-0.3, -0.25) is 4.79 Å². The molecule has 1 aromatic heterocycles. The first-order valence-electron chi connectivity index (χ1n) is 9.21. The Kier molecular flexibility index (Phi) is 7.16. The Morgan fingerprint density at radius 3 is 2.67 bits per heavy atom. The van der Waals surface area contributed by atoms with Gasteiger partial charge in [-0.25, -0.2) is 9.97 Å². The number of carbonyl (C=O) groups is 1. The maximum Gasteiger partial charge on any atom is 0.220 e. The summed E-state index contributed by atoms with van der Waals surface area (Å²) in [6.45, 7) is 9.23. The minimum atomic E-state index is -0.0954. The van der Waals surface area contributed by atoms with E-state index in [0.29, 0.717) is 37.5 Å². The van der Waals surface area contributed by atoms with E-state index in [1.54, 1.807) is 19.6 Å². The summed E-state index contributed by atoms with van der Waals surface area (Å²) in [6, 6.07) is 5.76. The quantitative estimate of drug-likeness (QED) is 0.770. The van der Waals surface area contributed by atoms with Crippen LogP contribution in [0.15, 0.2) is 30.7 Å². The van der Waals surface area contributed by atoms with Crippen LogP contribution in [0.25, 0.3) is 0 Å². The van der Waals surface area contributed by atoms with Crippen molar-refractivity contribution < 1.29 is 14.3 Å². The number of amides is 1. The Bertz CT molecular complexity index is 770. The number of nitrogens with one attached hydrogen (secondary N) is 1. The zero-order valence-corrected chi connectivity index (χ0v) is 16.8. The molecule has 1 aromatic carbocycles. The second kappa shape index (κ2) is 9.35. The summed E-state index contributed by atoms with van der Waals surface area (Å²) in [6.07, 6.45) is 4.35. The Labute approximate surface area is 161 Å². The number of hydrogen-bond acceptors (Lipinski definition) is 5. The van der Waals surface area contributed by atoms with Crippen molar-refractivity contribution in [2.75, 3.05) is 13.7 Å². The number of ether oxygens (including phenoxy) is 2. The lowest BCUT2D eigenvalue weighted by Gasteiger charge is -2.21. The molecule has 1 heterocycles. The largest absolute Gasteiger partial charge is 0.493 e. The van der Waals surface area contributed by atoms with Crippen molar-refractivity contribution in [1.82, 2.24) is 15.3 Å². The summed E-state index contributed by atoms with van der Waals surface area (Å²) in [5.41, 5.74) is 2.83. The lowest BCUT2D eigenvalue weighted by Crippen LogP contribution is -2.26. The molecule has 0 fully saturated rings. The molecule has 1 N–H and O–H groups in total. The zero-order chi connectivity index (χ0) is 19.9. The van der Waals surface area contributed by atoms with Crippen molar-refractivity contribution in [3.05, 3.63) is 47.5 Å². The molecule has 0 radical (unpaired) electrons. The molecular formula is C21H29N3O3. The van der Waals surface area contributed by atoms with Gasteiger partial charge in [0.2, 0.25) is 5.91 Å². The van der Waals surface area contributed by atoms with E-state index in [2.05, 4.69) is 36.1 Å². The average molecular weight is 371 g/mol. The summed E-state index contributed by atoms with van der Waals surface area (Å²) in [5, 5.41) is 2.97. The van der Waals surface area contributed by atoms with Gasteiger partial charge in [0.25, 0.3) is 0 Å². The smallest absolute Gasteiger partial charge is 0.220 e. The van der Waals surface area contributed by atoms with E-state index in [-0.39, 0.29) is 11.3 Å². The predicted octanol–water partition coefficient (Wildman–Crippen LogP) is 3.43. The molecular weight excluding hydrogens is 342 g/mol. The highest BCUT2D eigenvalue weighted by Gasteiger charge is 2.19. The van der Waals surface area contributed by atoms with E-state index >= 15 is 0 Å². The average Bonchev–Trinajstić information content (AvgIpc) is 2.65. The molecule has 146 valence electrons. The van der Waals surface area contributed by atoms with E-state index < -0.39 is 0 Å². The molecule has 2 aromatic rings. The molecule has 2 rings (SSSR count). The number of benzene rings is 1. The number of rotatable bonds is 8. The highest BCUT2D eigenvalue weighted by atomic mass is 16.5. The maximum atomic E-state index is 12.3. The van der Waals surface area contributed by atoms with Gasteiger partial charge >= 0.3 is 0 Å². The van der Waals surface area contributed by atoms with Crippen LogP contribution >= 0.6 is 0 Å². The van der Waals surface area contributed by atoms with E-state index in [1.807, 2.05) is 25.1 Å². The molecule has 0 aliphatic heterocycles. The van der Waals surface area contributed by atoms with E-state index in [9.17, 15) is 4.79 Å². The third-order valence-corrected chi connectivity index (χ3v) is 4.14. The summed E-state index contributed by atoms with van der Waals surface area (Å²) < 4.78 is 10.9. The summed E-state index contributed by atoms with van der Waals surface area (Å²) in [5.74, 6) is 1.39. The van der Waals surface area contributed by atoms with Crippen molar-refractivity contribution in [3.63, 3.8) is 0 Å². The Hall–Kier alpha value is -2.63. The van der Waals surface area contributed by atoms with Gasteiger partial charge in [0.1, 0.15) is 6.33 Å². The van der Waals surface area contributed by atoms with Crippen LogP contribution in [-0.2, 0) is 23.2 Å². The fraction of sp³-hybridized carbons (Fsp3) is 0.476. The number of hydrogen-bond donors (Lipinski definition) is 1. The SMILES string of the molecule is CCOc1ccc(CCC(=O)NCc2cncnc2C(C)(C)C)cc1OC. The molecule has 27 heavy (non-hydrogen) atoms. The van der Waals surface area contributed by atoms with Gasteiger partial charge in [-0.15, -0.1) is 0 Å². The molecule has 1 amide bonds. The monoisotopic (exact) mass is 371 g/mol. The van der Waals surface area contributed by atoms with E-state index in [4.69, 9.17) is 9.47 Å². The first-order chi connectivity index (χ1) is 12.8. The van der Waals surface area contributed by atoms with Crippen LogP contribution in [0.4, 0.5) is 0 Å². The van der Waals surface area contributed by atoms with Crippen LogP contribution in [-0.4, -0.2) is 29.6 Å². The second-order valence-corrected chi connectivity index (χ2v) is 7.34. The topological polar surface area (TPSA) is 73.3 Å². The second-order valence-electron chi connectivity index (χ2n) is 7.34. The number of methoxy groups -OCH3 is 1. The Balaban J connectivity index is 1.92. The first-order valence-corrected chi connectivity index (χ1v) is 9.21.